The van der Waals surface area contributed by atoms with E-state index in [0.717, 1.165) is 12.0 Å². The van der Waals surface area contributed by atoms with E-state index in [-0.39, 0.29) is 6.42 Å². The maximum Gasteiger partial charge on any atom is 0.333 e. The number of hydrogen-bond donors (Lipinski definition) is 1. The molecule has 5 nitrogen and oxygen atoms in total. The highest BCUT2D eigenvalue weighted by Gasteiger charge is 2.20. The van der Waals surface area contributed by atoms with Crippen LogP contribution in [0.5, 0.6) is 11.5 Å². The third-order valence-electron chi connectivity index (χ3n) is 2.70. The molecule has 0 bridgehead atoms. The van der Waals surface area contributed by atoms with Gasteiger partial charge in [-0.2, -0.15) is 0 Å². The first-order chi connectivity index (χ1) is 9.12. The van der Waals surface area contributed by atoms with Crippen LogP contribution in [-0.4, -0.2) is 38.0 Å². The molecule has 1 aromatic rings. The van der Waals surface area contributed by atoms with Crippen molar-refractivity contribution in [2.75, 3.05) is 20.8 Å². The predicted molar refractivity (Wildman–Crippen MR) is 70.9 cm³/mol. The summed E-state index contributed by atoms with van der Waals surface area (Å²) >= 11 is 0. The molecular formula is C14H20O5. The van der Waals surface area contributed by atoms with Gasteiger partial charge in [-0.15, -0.1) is 0 Å². The molecule has 0 fully saturated rings. The van der Waals surface area contributed by atoms with Crippen molar-refractivity contribution in [1.29, 1.82) is 0 Å². The maximum atomic E-state index is 11.1. The Morgan fingerprint density at radius 3 is 2.58 bits per heavy atom. The lowest BCUT2D eigenvalue weighted by molar-refractivity contribution is -0.150. The molecule has 0 heterocycles. The molecule has 0 radical (unpaired) electrons. The largest absolute Gasteiger partial charge is 0.497 e. The Balaban J connectivity index is 2.86. The summed E-state index contributed by atoms with van der Waals surface area (Å²) in [7, 11) is 3.11. The second-order valence-electron chi connectivity index (χ2n) is 4.08. The summed E-state index contributed by atoms with van der Waals surface area (Å²) in [6.07, 6.45) is 0.189. The molecule has 0 unspecified atom stereocenters. The normalized spacial score (nSPS) is 11.9. The number of rotatable bonds is 8. The Hall–Kier alpha value is -1.75. The lowest BCUT2D eigenvalue weighted by Gasteiger charge is -2.16. The van der Waals surface area contributed by atoms with Gasteiger partial charge in [0.15, 0.2) is 6.10 Å². The first-order valence-corrected chi connectivity index (χ1v) is 6.17. The molecule has 106 valence electrons. The van der Waals surface area contributed by atoms with E-state index in [0.29, 0.717) is 18.1 Å². The van der Waals surface area contributed by atoms with Gasteiger partial charge in [0.05, 0.1) is 14.2 Å². The minimum absolute atomic E-state index is 0.266. The van der Waals surface area contributed by atoms with Crippen LogP contribution < -0.4 is 9.47 Å². The zero-order valence-electron chi connectivity index (χ0n) is 11.5. The molecule has 1 rings (SSSR count). The van der Waals surface area contributed by atoms with E-state index in [1.165, 1.54) is 0 Å². The molecule has 0 aliphatic carbocycles. The highest BCUT2D eigenvalue weighted by Crippen LogP contribution is 2.26. The van der Waals surface area contributed by atoms with Crippen molar-refractivity contribution in [1.82, 2.24) is 0 Å². The zero-order valence-corrected chi connectivity index (χ0v) is 11.5. The van der Waals surface area contributed by atoms with Gasteiger partial charge in [-0.3, -0.25) is 0 Å². The molecule has 0 aromatic heterocycles. The summed E-state index contributed by atoms with van der Waals surface area (Å²) in [4.78, 5) is 11.1. The molecule has 0 saturated carbocycles. The smallest absolute Gasteiger partial charge is 0.333 e. The van der Waals surface area contributed by atoms with Gasteiger partial charge in [0.25, 0.3) is 0 Å². The summed E-state index contributed by atoms with van der Waals surface area (Å²) in [5.41, 5.74) is 0.784. The van der Waals surface area contributed by atoms with Crippen LogP contribution in [0.15, 0.2) is 18.2 Å². The van der Waals surface area contributed by atoms with E-state index in [9.17, 15) is 4.79 Å². The number of carboxylic acids is 1. The lowest BCUT2D eigenvalue weighted by atomic mass is 10.1. The fraction of sp³-hybridized carbons (Fsp3) is 0.500. The summed E-state index contributed by atoms with van der Waals surface area (Å²) < 4.78 is 15.7. The summed E-state index contributed by atoms with van der Waals surface area (Å²) in [5.74, 6) is 0.305. The van der Waals surface area contributed by atoms with Gasteiger partial charge in [-0.1, -0.05) is 13.0 Å². The van der Waals surface area contributed by atoms with Gasteiger partial charge in [-0.25, -0.2) is 4.79 Å². The van der Waals surface area contributed by atoms with E-state index >= 15 is 0 Å². The van der Waals surface area contributed by atoms with Crippen molar-refractivity contribution >= 4 is 5.97 Å². The van der Waals surface area contributed by atoms with Crippen molar-refractivity contribution in [2.45, 2.75) is 25.9 Å². The van der Waals surface area contributed by atoms with E-state index in [2.05, 4.69) is 0 Å². The fourth-order valence-corrected chi connectivity index (χ4v) is 1.70. The van der Waals surface area contributed by atoms with E-state index < -0.39 is 12.1 Å². The Bertz CT molecular complexity index is 416. The lowest BCUT2D eigenvalue weighted by Crippen LogP contribution is -2.27. The minimum Gasteiger partial charge on any atom is -0.497 e. The van der Waals surface area contributed by atoms with Crippen LogP contribution in [0.2, 0.25) is 0 Å². The monoisotopic (exact) mass is 268 g/mol. The number of hydrogen-bond acceptors (Lipinski definition) is 4. The SMILES string of the molecule is CCCO[C@H](Cc1ccc(OC)cc1OC)C(=O)O. The van der Waals surface area contributed by atoms with Crippen LogP contribution in [0.25, 0.3) is 0 Å². The number of carbonyl (C=O) groups is 1. The number of carboxylic acid groups (broad SMARTS) is 1. The van der Waals surface area contributed by atoms with Crippen LogP contribution in [0.3, 0.4) is 0 Å². The Kier molecular flexibility index (Phi) is 6.15. The number of methoxy groups -OCH3 is 2. The van der Waals surface area contributed by atoms with Gasteiger partial charge in [0.1, 0.15) is 11.5 Å². The van der Waals surface area contributed by atoms with Crippen LogP contribution in [0, 0.1) is 0 Å². The average Bonchev–Trinajstić information content (AvgIpc) is 2.43. The maximum absolute atomic E-state index is 11.1. The highest BCUT2D eigenvalue weighted by atomic mass is 16.5. The molecule has 0 aliphatic heterocycles. The van der Waals surface area contributed by atoms with Crippen molar-refractivity contribution in [2.24, 2.45) is 0 Å². The molecule has 0 spiro atoms. The van der Waals surface area contributed by atoms with Crippen molar-refractivity contribution < 1.29 is 24.1 Å². The van der Waals surface area contributed by atoms with Gasteiger partial charge in [0, 0.05) is 19.1 Å². The fourth-order valence-electron chi connectivity index (χ4n) is 1.70. The molecular weight excluding hydrogens is 248 g/mol. The third-order valence-corrected chi connectivity index (χ3v) is 2.70. The van der Waals surface area contributed by atoms with Gasteiger partial charge in [-0.05, 0) is 18.1 Å². The van der Waals surface area contributed by atoms with Crippen molar-refractivity contribution in [3.63, 3.8) is 0 Å². The summed E-state index contributed by atoms with van der Waals surface area (Å²) in [5, 5.41) is 9.14. The number of aliphatic carboxylic acids is 1. The van der Waals surface area contributed by atoms with E-state index in [4.69, 9.17) is 19.3 Å². The first-order valence-electron chi connectivity index (χ1n) is 6.17. The second-order valence-corrected chi connectivity index (χ2v) is 4.08. The van der Waals surface area contributed by atoms with Gasteiger partial charge in [0.2, 0.25) is 0 Å². The van der Waals surface area contributed by atoms with Gasteiger partial charge >= 0.3 is 5.97 Å². The highest BCUT2D eigenvalue weighted by molar-refractivity contribution is 5.73. The Labute approximate surface area is 113 Å². The third kappa shape index (κ3) is 4.44. The summed E-state index contributed by atoms with van der Waals surface area (Å²) in [6.45, 7) is 2.36. The topological polar surface area (TPSA) is 65.0 Å². The van der Waals surface area contributed by atoms with Crippen LogP contribution in [0.4, 0.5) is 0 Å². The number of ether oxygens (including phenoxy) is 3. The molecule has 19 heavy (non-hydrogen) atoms. The molecule has 1 atom stereocenters. The number of benzene rings is 1. The van der Waals surface area contributed by atoms with E-state index in [1.807, 2.05) is 6.92 Å². The van der Waals surface area contributed by atoms with E-state index in [1.54, 1.807) is 32.4 Å². The zero-order chi connectivity index (χ0) is 14.3. The molecule has 1 N–H and O–H groups in total. The Morgan fingerprint density at radius 1 is 1.32 bits per heavy atom. The molecule has 0 aliphatic rings. The van der Waals surface area contributed by atoms with Crippen LogP contribution in [-0.2, 0) is 16.0 Å². The molecule has 0 saturated heterocycles. The predicted octanol–water partition coefficient (Wildman–Crippen LogP) is 2.13. The first kappa shape index (κ1) is 15.3. The van der Waals surface area contributed by atoms with Crippen LogP contribution in [0.1, 0.15) is 18.9 Å². The Morgan fingerprint density at radius 2 is 2.05 bits per heavy atom. The van der Waals surface area contributed by atoms with Crippen LogP contribution >= 0.6 is 0 Å². The standard InChI is InChI=1S/C14H20O5/c1-4-7-19-13(14(15)16)8-10-5-6-11(17-2)9-12(10)18-3/h5-6,9,13H,4,7-8H2,1-3H3,(H,15,16)/t13-/m1/s1. The molecule has 0 amide bonds. The van der Waals surface area contributed by atoms with Crippen molar-refractivity contribution in [3.8, 4) is 11.5 Å². The molecule has 1 aromatic carbocycles. The van der Waals surface area contributed by atoms with Crippen molar-refractivity contribution in [3.05, 3.63) is 23.8 Å². The van der Waals surface area contributed by atoms with Gasteiger partial charge < -0.3 is 19.3 Å². The average molecular weight is 268 g/mol. The quantitative estimate of drug-likeness (QED) is 0.782. The minimum atomic E-state index is -0.966. The second kappa shape index (κ2) is 7.63. The molecule has 5 heteroatoms. The summed E-state index contributed by atoms with van der Waals surface area (Å²) in [6, 6.07) is 5.30.